The number of aliphatic carboxylic acids is 1. The molecule has 19 heavy (non-hydrogen) atoms. The van der Waals surface area contributed by atoms with Crippen molar-refractivity contribution in [3.05, 3.63) is 34.7 Å². The van der Waals surface area contributed by atoms with Gasteiger partial charge in [0.1, 0.15) is 5.65 Å². The molecule has 0 aliphatic heterocycles. The monoisotopic (exact) mass is 325 g/mol. The Hall–Kier alpha value is -1.89. The Morgan fingerprint density at radius 3 is 2.89 bits per heavy atom. The number of rotatable bonds is 5. The Labute approximate surface area is 117 Å². The van der Waals surface area contributed by atoms with Crippen LogP contribution in [-0.2, 0) is 16.0 Å². The highest BCUT2D eigenvalue weighted by molar-refractivity contribution is 9.10. The quantitative estimate of drug-likeness (QED) is 0.866. The van der Waals surface area contributed by atoms with E-state index < -0.39 is 5.97 Å². The molecule has 6 nitrogen and oxygen atoms in total. The molecule has 2 heterocycles. The van der Waals surface area contributed by atoms with Crippen LogP contribution in [-0.4, -0.2) is 32.9 Å². The summed E-state index contributed by atoms with van der Waals surface area (Å²) >= 11 is 3.36. The average molecular weight is 326 g/mol. The molecule has 2 rings (SSSR count). The molecule has 2 aromatic rings. The predicted molar refractivity (Wildman–Crippen MR) is 71.9 cm³/mol. The van der Waals surface area contributed by atoms with E-state index in [-0.39, 0.29) is 25.3 Å². The summed E-state index contributed by atoms with van der Waals surface area (Å²) in [6, 6.07) is 3.72. The van der Waals surface area contributed by atoms with Crippen LogP contribution in [0.5, 0.6) is 0 Å². The third-order valence-electron chi connectivity index (χ3n) is 2.47. The number of halogens is 1. The predicted octanol–water partition coefficient (Wildman–Crippen LogP) is 1.23. The number of carbonyl (C=O) groups is 2. The van der Waals surface area contributed by atoms with Crippen molar-refractivity contribution in [2.75, 3.05) is 6.54 Å². The molecule has 0 spiro atoms. The van der Waals surface area contributed by atoms with Gasteiger partial charge in [0, 0.05) is 23.4 Å². The number of hydrogen-bond donors (Lipinski definition) is 2. The van der Waals surface area contributed by atoms with Crippen LogP contribution >= 0.6 is 15.9 Å². The number of aromatic nitrogens is 2. The van der Waals surface area contributed by atoms with Crippen LogP contribution in [0.25, 0.3) is 5.65 Å². The minimum atomic E-state index is -0.933. The SMILES string of the molecule is O=C(O)CCNC(=O)Cc1cn2cc(Br)ccc2n1. The highest BCUT2D eigenvalue weighted by Gasteiger charge is 2.08. The topological polar surface area (TPSA) is 83.7 Å². The van der Waals surface area contributed by atoms with Gasteiger partial charge in [-0.05, 0) is 28.1 Å². The van der Waals surface area contributed by atoms with Crippen LogP contribution in [0, 0.1) is 0 Å². The summed E-state index contributed by atoms with van der Waals surface area (Å²) < 4.78 is 2.75. The number of carboxylic acid groups (broad SMARTS) is 1. The highest BCUT2D eigenvalue weighted by Crippen LogP contribution is 2.12. The second kappa shape index (κ2) is 5.83. The van der Waals surface area contributed by atoms with Gasteiger partial charge in [-0.1, -0.05) is 0 Å². The van der Waals surface area contributed by atoms with Crippen molar-refractivity contribution < 1.29 is 14.7 Å². The summed E-state index contributed by atoms with van der Waals surface area (Å²) in [7, 11) is 0. The van der Waals surface area contributed by atoms with E-state index in [1.807, 2.05) is 22.7 Å². The summed E-state index contributed by atoms with van der Waals surface area (Å²) in [6.07, 6.45) is 3.69. The minimum absolute atomic E-state index is 0.0795. The van der Waals surface area contributed by atoms with Gasteiger partial charge >= 0.3 is 5.97 Å². The molecule has 0 unspecified atom stereocenters. The van der Waals surface area contributed by atoms with Crippen LogP contribution in [0.4, 0.5) is 0 Å². The second-order valence-corrected chi connectivity index (χ2v) is 4.93. The standard InChI is InChI=1S/C12H12BrN3O3/c13-8-1-2-10-15-9(7-16(10)6-8)5-11(17)14-4-3-12(18)19/h1-2,6-7H,3-5H2,(H,14,17)(H,18,19). The molecule has 0 saturated carbocycles. The van der Waals surface area contributed by atoms with Crippen molar-refractivity contribution >= 4 is 33.5 Å². The van der Waals surface area contributed by atoms with Gasteiger partial charge in [-0.3, -0.25) is 9.59 Å². The second-order valence-electron chi connectivity index (χ2n) is 4.02. The van der Waals surface area contributed by atoms with Crippen molar-refractivity contribution in [2.45, 2.75) is 12.8 Å². The first-order valence-electron chi connectivity index (χ1n) is 5.66. The van der Waals surface area contributed by atoms with E-state index in [0.29, 0.717) is 5.69 Å². The van der Waals surface area contributed by atoms with Crippen molar-refractivity contribution in [2.24, 2.45) is 0 Å². The number of carboxylic acids is 1. The zero-order chi connectivity index (χ0) is 13.8. The number of hydrogen-bond acceptors (Lipinski definition) is 3. The zero-order valence-corrected chi connectivity index (χ0v) is 11.6. The summed E-state index contributed by atoms with van der Waals surface area (Å²) in [4.78, 5) is 26.2. The molecule has 2 aromatic heterocycles. The Bertz CT molecular complexity index is 624. The Balaban J connectivity index is 1.97. The lowest BCUT2D eigenvalue weighted by Crippen LogP contribution is -2.27. The van der Waals surface area contributed by atoms with E-state index in [1.165, 1.54) is 0 Å². The molecular weight excluding hydrogens is 314 g/mol. The summed E-state index contributed by atoms with van der Waals surface area (Å²) in [5.74, 6) is -1.17. The molecular formula is C12H12BrN3O3. The summed E-state index contributed by atoms with van der Waals surface area (Å²) in [6.45, 7) is 0.132. The van der Waals surface area contributed by atoms with Gasteiger partial charge in [0.2, 0.25) is 5.91 Å². The normalized spacial score (nSPS) is 10.6. The minimum Gasteiger partial charge on any atom is -0.481 e. The Morgan fingerprint density at radius 1 is 1.37 bits per heavy atom. The molecule has 100 valence electrons. The van der Waals surface area contributed by atoms with Crippen LogP contribution < -0.4 is 5.32 Å². The highest BCUT2D eigenvalue weighted by atomic mass is 79.9. The Kier molecular flexibility index (Phi) is 4.16. The lowest BCUT2D eigenvalue weighted by molar-refractivity contribution is -0.136. The average Bonchev–Trinajstić information content (AvgIpc) is 2.69. The molecule has 0 saturated heterocycles. The van der Waals surface area contributed by atoms with Crippen LogP contribution in [0.3, 0.4) is 0 Å². The molecule has 0 radical (unpaired) electrons. The van der Waals surface area contributed by atoms with E-state index >= 15 is 0 Å². The fourth-order valence-electron chi connectivity index (χ4n) is 1.64. The van der Waals surface area contributed by atoms with Crippen molar-refractivity contribution in [3.63, 3.8) is 0 Å². The molecule has 0 aliphatic rings. The number of pyridine rings is 1. The van der Waals surface area contributed by atoms with Gasteiger partial charge in [0.05, 0.1) is 18.5 Å². The first-order valence-corrected chi connectivity index (χ1v) is 6.45. The van der Waals surface area contributed by atoms with Crippen LogP contribution in [0.15, 0.2) is 29.0 Å². The molecule has 0 fully saturated rings. The van der Waals surface area contributed by atoms with E-state index in [1.54, 1.807) is 6.20 Å². The fraction of sp³-hybridized carbons (Fsp3) is 0.250. The summed E-state index contributed by atoms with van der Waals surface area (Å²) in [5.41, 5.74) is 1.41. The number of nitrogens with zero attached hydrogens (tertiary/aromatic N) is 2. The molecule has 7 heteroatoms. The number of carbonyl (C=O) groups excluding carboxylic acids is 1. The van der Waals surface area contributed by atoms with Crippen LogP contribution in [0.1, 0.15) is 12.1 Å². The van der Waals surface area contributed by atoms with E-state index in [0.717, 1.165) is 10.1 Å². The first-order chi connectivity index (χ1) is 9.04. The maximum Gasteiger partial charge on any atom is 0.305 e. The third-order valence-corrected chi connectivity index (χ3v) is 2.94. The lowest BCUT2D eigenvalue weighted by Gasteiger charge is -2.00. The Morgan fingerprint density at radius 2 is 2.16 bits per heavy atom. The number of imidazole rings is 1. The molecule has 1 amide bonds. The van der Waals surface area contributed by atoms with Gasteiger partial charge < -0.3 is 14.8 Å². The summed E-state index contributed by atoms with van der Waals surface area (Å²) in [5, 5.41) is 11.0. The molecule has 0 aliphatic carbocycles. The molecule has 0 bridgehead atoms. The van der Waals surface area contributed by atoms with Gasteiger partial charge in [0.25, 0.3) is 0 Å². The molecule has 0 aromatic carbocycles. The first kappa shape index (κ1) is 13.5. The number of fused-ring (bicyclic) bond motifs is 1. The van der Waals surface area contributed by atoms with Gasteiger partial charge in [0.15, 0.2) is 0 Å². The number of amides is 1. The van der Waals surface area contributed by atoms with Crippen molar-refractivity contribution in [1.82, 2.24) is 14.7 Å². The van der Waals surface area contributed by atoms with Crippen LogP contribution in [0.2, 0.25) is 0 Å². The molecule has 2 N–H and O–H groups in total. The lowest BCUT2D eigenvalue weighted by atomic mass is 10.3. The maximum absolute atomic E-state index is 11.6. The van der Waals surface area contributed by atoms with Gasteiger partial charge in [-0.25, -0.2) is 4.98 Å². The third kappa shape index (κ3) is 3.78. The molecule has 0 atom stereocenters. The van der Waals surface area contributed by atoms with E-state index in [9.17, 15) is 9.59 Å². The largest absolute Gasteiger partial charge is 0.481 e. The van der Waals surface area contributed by atoms with Gasteiger partial charge in [-0.15, -0.1) is 0 Å². The van der Waals surface area contributed by atoms with Crippen molar-refractivity contribution in [3.8, 4) is 0 Å². The number of nitrogens with one attached hydrogen (secondary N) is 1. The van der Waals surface area contributed by atoms with E-state index in [4.69, 9.17) is 5.11 Å². The zero-order valence-electron chi connectivity index (χ0n) is 9.97. The van der Waals surface area contributed by atoms with Gasteiger partial charge in [-0.2, -0.15) is 0 Å². The van der Waals surface area contributed by atoms with E-state index in [2.05, 4.69) is 26.2 Å². The fourth-order valence-corrected chi connectivity index (χ4v) is 1.99. The van der Waals surface area contributed by atoms with Crippen molar-refractivity contribution in [1.29, 1.82) is 0 Å². The maximum atomic E-state index is 11.6. The smallest absolute Gasteiger partial charge is 0.305 e.